The van der Waals surface area contributed by atoms with Gasteiger partial charge in [0.1, 0.15) is 6.10 Å². The smallest absolute Gasteiger partial charge is 0.252 e. The zero-order chi connectivity index (χ0) is 15.2. The molecule has 6 nitrogen and oxygen atoms in total. The Bertz CT molecular complexity index is 522. The van der Waals surface area contributed by atoms with Gasteiger partial charge in [0.05, 0.1) is 13.0 Å². The van der Waals surface area contributed by atoms with Gasteiger partial charge in [0.2, 0.25) is 5.91 Å². The Kier molecular flexibility index (Phi) is 5.55. The zero-order valence-corrected chi connectivity index (χ0v) is 12.3. The Morgan fingerprint density at radius 2 is 2.33 bits per heavy atom. The first-order valence-electron chi connectivity index (χ1n) is 6.76. The monoisotopic (exact) mass is 311 g/mol. The number of morpholine rings is 1. The number of carbonyl (C=O) groups excluding carboxylic acids is 2. The SMILES string of the molecule is NCCN1CCO[C@H](CC(=O)Nc2cccc(Cl)c2)C1=O. The molecule has 0 aliphatic carbocycles. The Hall–Kier alpha value is -1.63. The number of carbonyl (C=O) groups is 2. The normalized spacial score (nSPS) is 18.7. The maximum Gasteiger partial charge on any atom is 0.252 e. The molecule has 1 aromatic rings. The molecule has 0 saturated carbocycles. The summed E-state index contributed by atoms with van der Waals surface area (Å²) in [6.07, 6.45) is -0.767. The van der Waals surface area contributed by atoms with Crippen LogP contribution in [0.3, 0.4) is 0 Å². The molecule has 0 spiro atoms. The van der Waals surface area contributed by atoms with Crippen molar-refractivity contribution in [3.05, 3.63) is 29.3 Å². The summed E-state index contributed by atoms with van der Waals surface area (Å²) in [5.74, 6) is -0.474. The van der Waals surface area contributed by atoms with Gasteiger partial charge in [-0.25, -0.2) is 0 Å². The van der Waals surface area contributed by atoms with Crippen LogP contribution in [0.25, 0.3) is 0 Å². The van der Waals surface area contributed by atoms with Gasteiger partial charge in [-0.3, -0.25) is 9.59 Å². The van der Waals surface area contributed by atoms with E-state index in [2.05, 4.69) is 5.32 Å². The standard InChI is InChI=1S/C14H18ClN3O3/c15-10-2-1-3-11(8-10)17-13(19)9-12-14(20)18(5-4-16)6-7-21-12/h1-3,8,12H,4-7,9,16H2,(H,17,19)/t12-/m1/s1. The third kappa shape index (κ3) is 4.42. The summed E-state index contributed by atoms with van der Waals surface area (Å²) in [6, 6.07) is 6.83. The van der Waals surface area contributed by atoms with Crippen molar-refractivity contribution in [2.75, 3.05) is 31.6 Å². The molecule has 1 aromatic carbocycles. The van der Waals surface area contributed by atoms with Crippen LogP contribution >= 0.6 is 11.6 Å². The van der Waals surface area contributed by atoms with Gasteiger partial charge in [0.15, 0.2) is 0 Å². The molecule has 0 radical (unpaired) electrons. The number of hydrogen-bond donors (Lipinski definition) is 2. The van der Waals surface area contributed by atoms with E-state index in [9.17, 15) is 9.59 Å². The fraction of sp³-hybridized carbons (Fsp3) is 0.429. The van der Waals surface area contributed by atoms with Crippen molar-refractivity contribution in [2.45, 2.75) is 12.5 Å². The van der Waals surface area contributed by atoms with Crippen LogP contribution in [0.15, 0.2) is 24.3 Å². The van der Waals surface area contributed by atoms with Crippen molar-refractivity contribution in [1.29, 1.82) is 0 Å². The number of benzene rings is 1. The molecule has 0 unspecified atom stereocenters. The largest absolute Gasteiger partial charge is 0.366 e. The number of hydrogen-bond acceptors (Lipinski definition) is 4. The van der Waals surface area contributed by atoms with Gasteiger partial charge in [-0.1, -0.05) is 17.7 Å². The minimum atomic E-state index is -0.746. The quantitative estimate of drug-likeness (QED) is 0.844. The fourth-order valence-electron chi connectivity index (χ4n) is 2.16. The lowest BCUT2D eigenvalue weighted by Crippen LogP contribution is -2.50. The number of anilines is 1. The number of nitrogens with zero attached hydrogens (tertiary/aromatic N) is 1. The molecule has 1 saturated heterocycles. The Morgan fingerprint density at radius 1 is 1.52 bits per heavy atom. The molecule has 1 aliphatic rings. The second kappa shape index (κ2) is 7.40. The van der Waals surface area contributed by atoms with E-state index in [1.807, 2.05) is 0 Å². The summed E-state index contributed by atoms with van der Waals surface area (Å²) in [5.41, 5.74) is 6.05. The molecule has 21 heavy (non-hydrogen) atoms. The summed E-state index contributed by atoms with van der Waals surface area (Å²) in [7, 11) is 0. The van der Waals surface area contributed by atoms with Crippen LogP contribution < -0.4 is 11.1 Å². The lowest BCUT2D eigenvalue weighted by molar-refractivity contribution is -0.154. The second-order valence-corrected chi connectivity index (χ2v) is 5.17. The number of halogens is 1. The average Bonchev–Trinajstić information content (AvgIpc) is 2.43. The molecule has 0 bridgehead atoms. The van der Waals surface area contributed by atoms with Crippen LogP contribution in [-0.2, 0) is 14.3 Å². The summed E-state index contributed by atoms with van der Waals surface area (Å²) in [6.45, 7) is 1.81. The highest BCUT2D eigenvalue weighted by Crippen LogP contribution is 2.16. The maximum atomic E-state index is 12.1. The lowest BCUT2D eigenvalue weighted by Gasteiger charge is -2.31. The molecule has 2 rings (SSSR count). The van der Waals surface area contributed by atoms with E-state index >= 15 is 0 Å². The Labute approximate surface area is 128 Å². The lowest BCUT2D eigenvalue weighted by atomic mass is 10.1. The highest BCUT2D eigenvalue weighted by atomic mass is 35.5. The molecule has 0 aromatic heterocycles. The van der Waals surface area contributed by atoms with E-state index < -0.39 is 6.10 Å². The van der Waals surface area contributed by atoms with E-state index in [0.717, 1.165) is 0 Å². The van der Waals surface area contributed by atoms with Crippen LogP contribution in [0.1, 0.15) is 6.42 Å². The zero-order valence-electron chi connectivity index (χ0n) is 11.5. The predicted molar refractivity (Wildman–Crippen MR) is 80.1 cm³/mol. The maximum absolute atomic E-state index is 12.1. The third-order valence-corrected chi connectivity index (χ3v) is 3.38. The van der Waals surface area contributed by atoms with Crippen molar-refractivity contribution >= 4 is 29.1 Å². The molecule has 3 N–H and O–H groups in total. The van der Waals surface area contributed by atoms with Crippen LogP contribution in [0.2, 0.25) is 5.02 Å². The van der Waals surface area contributed by atoms with Gasteiger partial charge in [0, 0.05) is 30.3 Å². The molecule has 7 heteroatoms. The van der Waals surface area contributed by atoms with Gasteiger partial charge in [-0.05, 0) is 18.2 Å². The number of ether oxygens (including phenoxy) is 1. The first-order chi connectivity index (χ1) is 10.1. The molecular formula is C14H18ClN3O3. The number of nitrogens with two attached hydrogens (primary N) is 1. The van der Waals surface area contributed by atoms with E-state index in [-0.39, 0.29) is 18.2 Å². The van der Waals surface area contributed by atoms with Gasteiger partial charge in [0.25, 0.3) is 5.91 Å². The van der Waals surface area contributed by atoms with E-state index in [1.54, 1.807) is 29.2 Å². The van der Waals surface area contributed by atoms with Crippen LogP contribution in [-0.4, -0.2) is 49.1 Å². The summed E-state index contributed by atoms with van der Waals surface area (Å²) < 4.78 is 5.38. The predicted octanol–water partition coefficient (Wildman–Crippen LogP) is 0.855. The van der Waals surface area contributed by atoms with Crippen molar-refractivity contribution in [3.8, 4) is 0 Å². The summed E-state index contributed by atoms with van der Waals surface area (Å²) >= 11 is 5.85. The first-order valence-corrected chi connectivity index (χ1v) is 7.14. The van der Waals surface area contributed by atoms with Gasteiger partial charge >= 0.3 is 0 Å². The molecule has 1 aliphatic heterocycles. The fourth-order valence-corrected chi connectivity index (χ4v) is 2.35. The Balaban J connectivity index is 1.91. The van der Waals surface area contributed by atoms with E-state index in [0.29, 0.717) is 37.0 Å². The molecule has 2 amide bonds. The van der Waals surface area contributed by atoms with Crippen LogP contribution in [0.4, 0.5) is 5.69 Å². The highest BCUT2D eigenvalue weighted by molar-refractivity contribution is 6.30. The number of nitrogens with one attached hydrogen (secondary N) is 1. The van der Waals surface area contributed by atoms with Crippen LogP contribution in [0.5, 0.6) is 0 Å². The molecule has 1 atom stereocenters. The van der Waals surface area contributed by atoms with E-state index in [4.69, 9.17) is 22.1 Å². The topological polar surface area (TPSA) is 84.7 Å². The molecule has 1 heterocycles. The highest BCUT2D eigenvalue weighted by Gasteiger charge is 2.30. The van der Waals surface area contributed by atoms with Gasteiger partial charge < -0.3 is 20.7 Å². The summed E-state index contributed by atoms with van der Waals surface area (Å²) in [5, 5.41) is 3.23. The second-order valence-electron chi connectivity index (χ2n) is 4.74. The van der Waals surface area contributed by atoms with Crippen molar-refractivity contribution in [1.82, 2.24) is 4.90 Å². The molecule has 1 fully saturated rings. The van der Waals surface area contributed by atoms with Crippen molar-refractivity contribution in [3.63, 3.8) is 0 Å². The molecule has 114 valence electrons. The third-order valence-electron chi connectivity index (χ3n) is 3.15. The van der Waals surface area contributed by atoms with Gasteiger partial charge in [-0.15, -0.1) is 0 Å². The minimum Gasteiger partial charge on any atom is -0.366 e. The number of amides is 2. The Morgan fingerprint density at radius 3 is 3.05 bits per heavy atom. The number of rotatable bonds is 5. The molecular weight excluding hydrogens is 294 g/mol. The van der Waals surface area contributed by atoms with E-state index in [1.165, 1.54) is 0 Å². The van der Waals surface area contributed by atoms with Crippen molar-refractivity contribution < 1.29 is 14.3 Å². The van der Waals surface area contributed by atoms with Gasteiger partial charge in [-0.2, -0.15) is 0 Å². The minimum absolute atomic E-state index is 0.0214. The average molecular weight is 312 g/mol. The van der Waals surface area contributed by atoms with Crippen molar-refractivity contribution in [2.24, 2.45) is 5.73 Å². The summed E-state index contributed by atoms with van der Waals surface area (Å²) in [4.78, 5) is 25.7. The van der Waals surface area contributed by atoms with Crippen LogP contribution in [0, 0.1) is 0 Å². The first kappa shape index (κ1) is 15.8.